The Kier molecular flexibility index (Phi) is 6.89. The van der Waals surface area contributed by atoms with Gasteiger partial charge in [-0.2, -0.15) is 0 Å². The SMILES string of the molecule is CN(C)C(CCNC(=O)c1ccc(-c2ccc(Cl)cc2)cc1)c1ccc2ccccc2c1. The van der Waals surface area contributed by atoms with E-state index in [4.69, 9.17) is 11.6 Å². The highest BCUT2D eigenvalue weighted by Crippen LogP contribution is 2.26. The number of rotatable bonds is 7. The van der Waals surface area contributed by atoms with E-state index in [-0.39, 0.29) is 11.9 Å². The van der Waals surface area contributed by atoms with Crippen molar-refractivity contribution in [3.05, 3.63) is 107 Å². The first-order chi connectivity index (χ1) is 15.5. The Morgan fingerprint density at radius 2 is 1.47 bits per heavy atom. The van der Waals surface area contributed by atoms with Gasteiger partial charge >= 0.3 is 0 Å². The van der Waals surface area contributed by atoms with Gasteiger partial charge in [0, 0.05) is 23.2 Å². The first kappa shape index (κ1) is 22.1. The molecule has 0 aliphatic rings. The van der Waals surface area contributed by atoms with E-state index in [0.717, 1.165) is 17.5 Å². The number of fused-ring (bicyclic) bond motifs is 1. The van der Waals surface area contributed by atoms with Crippen molar-refractivity contribution in [2.45, 2.75) is 12.5 Å². The van der Waals surface area contributed by atoms with Gasteiger partial charge in [0.2, 0.25) is 0 Å². The summed E-state index contributed by atoms with van der Waals surface area (Å²) >= 11 is 5.96. The number of amides is 1. The Morgan fingerprint density at radius 1 is 0.844 bits per heavy atom. The number of halogens is 1. The van der Waals surface area contributed by atoms with E-state index in [2.05, 4.69) is 66.8 Å². The zero-order valence-electron chi connectivity index (χ0n) is 18.4. The molecule has 1 amide bonds. The van der Waals surface area contributed by atoms with E-state index in [1.165, 1.54) is 16.3 Å². The fourth-order valence-electron chi connectivity index (χ4n) is 4.02. The first-order valence-corrected chi connectivity index (χ1v) is 11.2. The van der Waals surface area contributed by atoms with Crippen molar-refractivity contribution in [3.8, 4) is 11.1 Å². The normalized spacial score (nSPS) is 12.1. The molecule has 0 bridgehead atoms. The summed E-state index contributed by atoms with van der Waals surface area (Å²) in [5, 5.41) is 6.26. The van der Waals surface area contributed by atoms with Gasteiger partial charge in [0.25, 0.3) is 5.91 Å². The maximum Gasteiger partial charge on any atom is 0.251 e. The third kappa shape index (κ3) is 5.18. The Hall–Kier alpha value is -3.14. The smallest absolute Gasteiger partial charge is 0.251 e. The lowest BCUT2D eigenvalue weighted by Crippen LogP contribution is -2.29. The van der Waals surface area contributed by atoms with E-state index in [1.54, 1.807) is 0 Å². The Balaban J connectivity index is 1.38. The third-order valence-electron chi connectivity index (χ3n) is 5.81. The van der Waals surface area contributed by atoms with Gasteiger partial charge in [0.05, 0.1) is 0 Å². The Labute approximate surface area is 194 Å². The fourth-order valence-corrected chi connectivity index (χ4v) is 4.14. The zero-order chi connectivity index (χ0) is 22.5. The summed E-state index contributed by atoms with van der Waals surface area (Å²) < 4.78 is 0. The molecule has 1 atom stereocenters. The fraction of sp³-hybridized carbons (Fsp3) is 0.179. The number of nitrogens with one attached hydrogen (secondary N) is 1. The predicted octanol–water partition coefficient (Wildman–Crippen LogP) is 6.58. The second-order valence-corrected chi connectivity index (χ2v) is 8.65. The van der Waals surface area contributed by atoms with Crippen molar-refractivity contribution in [2.24, 2.45) is 0 Å². The van der Waals surface area contributed by atoms with Gasteiger partial charge in [-0.1, -0.05) is 72.3 Å². The molecule has 1 unspecified atom stereocenters. The summed E-state index contributed by atoms with van der Waals surface area (Å²) in [6.07, 6.45) is 0.833. The molecule has 0 spiro atoms. The van der Waals surface area contributed by atoms with Crippen LogP contribution in [0.25, 0.3) is 21.9 Å². The highest BCUT2D eigenvalue weighted by Gasteiger charge is 2.15. The van der Waals surface area contributed by atoms with Gasteiger partial charge in [-0.25, -0.2) is 0 Å². The summed E-state index contributed by atoms with van der Waals surface area (Å²) in [6, 6.07) is 30.6. The molecule has 0 saturated heterocycles. The molecular weight excluding hydrogens is 416 g/mol. The van der Waals surface area contributed by atoms with Crippen LogP contribution in [0.3, 0.4) is 0 Å². The van der Waals surface area contributed by atoms with Crippen molar-refractivity contribution in [2.75, 3.05) is 20.6 Å². The van der Waals surface area contributed by atoms with Crippen LogP contribution in [-0.2, 0) is 0 Å². The number of hydrogen-bond acceptors (Lipinski definition) is 2. The maximum absolute atomic E-state index is 12.7. The summed E-state index contributed by atoms with van der Waals surface area (Å²) in [5.41, 5.74) is 4.05. The van der Waals surface area contributed by atoms with Crippen molar-refractivity contribution in [3.63, 3.8) is 0 Å². The lowest BCUT2D eigenvalue weighted by molar-refractivity contribution is 0.0949. The molecule has 4 aromatic rings. The molecule has 4 aromatic carbocycles. The largest absolute Gasteiger partial charge is 0.352 e. The van der Waals surface area contributed by atoms with Gasteiger partial charge in [-0.05, 0) is 78.3 Å². The van der Waals surface area contributed by atoms with Gasteiger partial charge in [0.15, 0.2) is 0 Å². The molecular formula is C28H27ClN2O. The molecule has 162 valence electrons. The average molecular weight is 443 g/mol. The van der Waals surface area contributed by atoms with E-state index >= 15 is 0 Å². The highest BCUT2D eigenvalue weighted by atomic mass is 35.5. The standard InChI is InChI=1S/C28H27ClN2O/c1-31(2)27(25-12-9-20-5-3-4-6-24(20)19-25)17-18-30-28(32)23-10-7-21(8-11-23)22-13-15-26(29)16-14-22/h3-16,19,27H,17-18H2,1-2H3,(H,30,32). The quantitative estimate of drug-likeness (QED) is 0.350. The molecule has 0 aromatic heterocycles. The summed E-state index contributed by atoms with van der Waals surface area (Å²) in [7, 11) is 4.16. The monoisotopic (exact) mass is 442 g/mol. The van der Waals surface area contributed by atoms with E-state index in [1.807, 2.05) is 48.5 Å². The minimum absolute atomic E-state index is 0.0522. The Morgan fingerprint density at radius 3 is 2.12 bits per heavy atom. The maximum atomic E-state index is 12.7. The van der Waals surface area contributed by atoms with Crippen LogP contribution in [0.15, 0.2) is 91.0 Å². The lowest BCUT2D eigenvalue weighted by Gasteiger charge is -2.25. The molecule has 4 heteroatoms. The molecule has 0 fully saturated rings. The van der Waals surface area contributed by atoms with Gasteiger partial charge in [-0.15, -0.1) is 0 Å². The number of nitrogens with zero attached hydrogens (tertiary/aromatic N) is 1. The minimum atomic E-state index is -0.0522. The zero-order valence-corrected chi connectivity index (χ0v) is 19.1. The molecule has 0 heterocycles. The summed E-state index contributed by atoms with van der Waals surface area (Å²) in [4.78, 5) is 14.9. The molecule has 32 heavy (non-hydrogen) atoms. The van der Waals surface area contributed by atoms with Gasteiger partial charge in [0.1, 0.15) is 0 Å². The lowest BCUT2D eigenvalue weighted by atomic mass is 9.99. The van der Waals surface area contributed by atoms with Gasteiger partial charge < -0.3 is 10.2 Å². The van der Waals surface area contributed by atoms with Crippen molar-refractivity contribution in [1.29, 1.82) is 0 Å². The number of carbonyl (C=O) groups excluding carboxylic acids is 1. The molecule has 0 aliphatic heterocycles. The van der Waals surface area contributed by atoms with Crippen LogP contribution in [0.4, 0.5) is 0 Å². The van der Waals surface area contributed by atoms with Crippen molar-refractivity contribution in [1.82, 2.24) is 10.2 Å². The Bertz CT molecular complexity index is 1200. The van der Waals surface area contributed by atoms with Crippen LogP contribution in [-0.4, -0.2) is 31.4 Å². The van der Waals surface area contributed by atoms with E-state index in [9.17, 15) is 4.79 Å². The van der Waals surface area contributed by atoms with Crippen LogP contribution in [0.1, 0.15) is 28.4 Å². The van der Waals surface area contributed by atoms with Crippen LogP contribution in [0.5, 0.6) is 0 Å². The van der Waals surface area contributed by atoms with Crippen molar-refractivity contribution < 1.29 is 4.79 Å². The molecule has 0 saturated carbocycles. The molecule has 1 N–H and O–H groups in total. The number of benzene rings is 4. The molecule has 3 nitrogen and oxygen atoms in total. The van der Waals surface area contributed by atoms with E-state index in [0.29, 0.717) is 17.1 Å². The predicted molar refractivity (Wildman–Crippen MR) is 134 cm³/mol. The number of carbonyl (C=O) groups is 1. The van der Waals surface area contributed by atoms with Crippen molar-refractivity contribution >= 4 is 28.3 Å². The topological polar surface area (TPSA) is 32.3 Å². The van der Waals surface area contributed by atoms with Crippen LogP contribution < -0.4 is 5.32 Å². The first-order valence-electron chi connectivity index (χ1n) is 10.8. The third-order valence-corrected chi connectivity index (χ3v) is 6.06. The summed E-state index contributed by atoms with van der Waals surface area (Å²) in [5.74, 6) is -0.0522. The minimum Gasteiger partial charge on any atom is -0.352 e. The molecule has 4 rings (SSSR count). The second-order valence-electron chi connectivity index (χ2n) is 8.21. The van der Waals surface area contributed by atoms with E-state index < -0.39 is 0 Å². The number of hydrogen-bond donors (Lipinski definition) is 1. The van der Waals surface area contributed by atoms with Gasteiger partial charge in [-0.3, -0.25) is 4.79 Å². The molecule has 0 aliphatic carbocycles. The second kappa shape index (κ2) is 9.99. The van der Waals surface area contributed by atoms with Crippen LogP contribution >= 0.6 is 11.6 Å². The highest BCUT2D eigenvalue weighted by molar-refractivity contribution is 6.30. The molecule has 0 radical (unpaired) electrons. The summed E-state index contributed by atoms with van der Waals surface area (Å²) in [6.45, 7) is 0.605. The van der Waals surface area contributed by atoms with Crippen LogP contribution in [0.2, 0.25) is 5.02 Å². The van der Waals surface area contributed by atoms with Crippen LogP contribution in [0, 0.1) is 0 Å². The average Bonchev–Trinajstić information content (AvgIpc) is 2.82.